The molecule has 0 spiro atoms. The molecule has 0 radical (unpaired) electrons. The molecular weight excluding hydrogens is 204 g/mol. The number of benzene rings is 1. The van der Waals surface area contributed by atoms with E-state index in [9.17, 15) is 9.59 Å². The highest BCUT2D eigenvalue weighted by atomic mass is 16.2. The number of rotatable bonds is 1. The number of carbonyl (C=O) groups excluding carboxylic acids is 2. The zero-order chi connectivity index (χ0) is 11.7. The molecule has 0 aromatic heterocycles. The third-order valence-electron chi connectivity index (χ3n) is 2.77. The molecule has 84 valence electrons. The minimum atomic E-state index is -0.520. The van der Waals surface area contributed by atoms with Gasteiger partial charge in [-0.3, -0.25) is 9.59 Å². The lowest BCUT2D eigenvalue weighted by Gasteiger charge is -2.29. The minimum Gasteiger partial charge on any atom is -0.346 e. The minimum absolute atomic E-state index is 0.469. The molecule has 1 aromatic rings. The first kappa shape index (κ1) is 10.7. The standard InChI is InChI=1S/C12H14N2O2/c1-8-4-3-5-9(2)10(8)14-7-6-13-11(15)12(14)16/h3-5H,6-7H2,1-2H3,(H,13,15). The van der Waals surface area contributed by atoms with Gasteiger partial charge in [-0.2, -0.15) is 0 Å². The van der Waals surface area contributed by atoms with Crippen LogP contribution in [0.3, 0.4) is 0 Å². The SMILES string of the molecule is Cc1cccc(C)c1N1CCNC(=O)C1=O. The van der Waals surface area contributed by atoms with Gasteiger partial charge >= 0.3 is 11.8 Å². The van der Waals surface area contributed by atoms with Crippen molar-refractivity contribution in [3.05, 3.63) is 29.3 Å². The van der Waals surface area contributed by atoms with Gasteiger partial charge in [0, 0.05) is 13.1 Å². The lowest BCUT2D eigenvalue weighted by Crippen LogP contribution is -2.52. The maximum absolute atomic E-state index is 11.7. The van der Waals surface area contributed by atoms with Crippen molar-refractivity contribution in [3.8, 4) is 0 Å². The van der Waals surface area contributed by atoms with Crippen molar-refractivity contribution in [2.45, 2.75) is 13.8 Å². The fourth-order valence-corrected chi connectivity index (χ4v) is 2.03. The van der Waals surface area contributed by atoms with Crippen molar-refractivity contribution in [2.75, 3.05) is 18.0 Å². The van der Waals surface area contributed by atoms with Crippen LogP contribution in [0, 0.1) is 13.8 Å². The molecule has 2 rings (SSSR count). The Hall–Kier alpha value is -1.84. The molecule has 1 N–H and O–H groups in total. The number of hydrogen-bond acceptors (Lipinski definition) is 2. The highest BCUT2D eigenvalue weighted by Crippen LogP contribution is 2.25. The van der Waals surface area contributed by atoms with E-state index in [2.05, 4.69) is 5.32 Å². The molecule has 1 saturated heterocycles. The molecule has 0 bridgehead atoms. The Morgan fingerprint density at radius 1 is 1.19 bits per heavy atom. The predicted molar refractivity (Wildman–Crippen MR) is 61.3 cm³/mol. The van der Waals surface area contributed by atoms with Crippen LogP contribution in [-0.4, -0.2) is 24.9 Å². The Labute approximate surface area is 94.2 Å². The number of hydrogen-bond donors (Lipinski definition) is 1. The van der Waals surface area contributed by atoms with Crippen molar-refractivity contribution in [2.24, 2.45) is 0 Å². The summed E-state index contributed by atoms with van der Waals surface area (Å²) >= 11 is 0. The van der Waals surface area contributed by atoms with Gasteiger partial charge in [-0.25, -0.2) is 0 Å². The number of nitrogens with one attached hydrogen (secondary N) is 1. The smallest absolute Gasteiger partial charge is 0.316 e. The average Bonchev–Trinajstić information content (AvgIpc) is 2.24. The van der Waals surface area contributed by atoms with Crippen LogP contribution in [0.1, 0.15) is 11.1 Å². The van der Waals surface area contributed by atoms with E-state index < -0.39 is 11.8 Å². The number of piperazine rings is 1. The van der Waals surface area contributed by atoms with E-state index in [1.165, 1.54) is 0 Å². The van der Waals surface area contributed by atoms with Gasteiger partial charge in [-0.1, -0.05) is 18.2 Å². The summed E-state index contributed by atoms with van der Waals surface area (Å²) in [4.78, 5) is 24.6. The zero-order valence-electron chi connectivity index (χ0n) is 9.41. The van der Waals surface area contributed by atoms with E-state index in [1.807, 2.05) is 32.0 Å². The van der Waals surface area contributed by atoms with Crippen LogP contribution in [0.15, 0.2) is 18.2 Å². The Bertz CT molecular complexity index is 434. The number of amides is 2. The largest absolute Gasteiger partial charge is 0.346 e. The number of anilines is 1. The Morgan fingerprint density at radius 2 is 1.81 bits per heavy atom. The first-order valence-corrected chi connectivity index (χ1v) is 5.27. The van der Waals surface area contributed by atoms with Crippen LogP contribution in [0.2, 0.25) is 0 Å². The van der Waals surface area contributed by atoms with Crippen molar-refractivity contribution in [1.82, 2.24) is 5.32 Å². The summed E-state index contributed by atoms with van der Waals surface area (Å²) in [5, 5.41) is 2.54. The summed E-state index contributed by atoms with van der Waals surface area (Å²) in [5.74, 6) is -0.988. The monoisotopic (exact) mass is 218 g/mol. The molecule has 0 unspecified atom stereocenters. The molecule has 16 heavy (non-hydrogen) atoms. The molecule has 1 aliphatic heterocycles. The second-order valence-electron chi connectivity index (χ2n) is 3.95. The van der Waals surface area contributed by atoms with Gasteiger partial charge in [-0.15, -0.1) is 0 Å². The van der Waals surface area contributed by atoms with Gasteiger partial charge in [0.15, 0.2) is 0 Å². The molecule has 0 atom stereocenters. The van der Waals surface area contributed by atoms with E-state index >= 15 is 0 Å². The number of aryl methyl sites for hydroxylation is 2. The number of nitrogens with zero attached hydrogens (tertiary/aromatic N) is 1. The van der Waals surface area contributed by atoms with E-state index in [1.54, 1.807) is 4.90 Å². The molecule has 1 heterocycles. The first-order valence-electron chi connectivity index (χ1n) is 5.27. The van der Waals surface area contributed by atoms with Crippen LogP contribution >= 0.6 is 0 Å². The fraction of sp³-hybridized carbons (Fsp3) is 0.333. The summed E-state index contributed by atoms with van der Waals surface area (Å²) in [6.07, 6.45) is 0. The van der Waals surface area contributed by atoms with E-state index in [-0.39, 0.29) is 0 Å². The summed E-state index contributed by atoms with van der Waals surface area (Å²) in [6.45, 7) is 4.94. The summed E-state index contributed by atoms with van der Waals surface area (Å²) in [7, 11) is 0. The van der Waals surface area contributed by atoms with Crippen LogP contribution < -0.4 is 10.2 Å². The highest BCUT2D eigenvalue weighted by Gasteiger charge is 2.28. The molecule has 0 saturated carbocycles. The van der Waals surface area contributed by atoms with Crippen molar-refractivity contribution < 1.29 is 9.59 Å². The normalized spacial score (nSPS) is 16.2. The summed E-state index contributed by atoms with van der Waals surface area (Å²) < 4.78 is 0. The quantitative estimate of drug-likeness (QED) is 0.708. The van der Waals surface area contributed by atoms with Crippen molar-refractivity contribution in [3.63, 3.8) is 0 Å². The van der Waals surface area contributed by atoms with E-state index in [0.717, 1.165) is 16.8 Å². The molecule has 1 fully saturated rings. The summed E-state index contributed by atoms with van der Waals surface area (Å²) in [6, 6.07) is 5.84. The van der Waals surface area contributed by atoms with Crippen LogP contribution in [0.4, 0.5) is 5.69 Å². The maximum atomic E-state index is 11.7. The van der Waals surface area contributed by atoms with Crippen molar-refractivity contribution in [1.29, 1.82) is 0 Å². The third-order valence-corrected chi connectivity index (χ3v) is 2.77. The van der Waals surface area contributed by atoms with Crippen LogP contribution in [0.5, 0.6) is 0 Å². The second-order valence-corrected chi connectivity index (χ2v) is 3.95. The molecule has 0 aliphatic carbocycles. The van der Waals surface area contributed by atoms with Crippen LogP contribution in [-0.2, 0) is 9.59 Å². The maximum Gasteiger partial charge on any atom is 0.316 e. The van der Waals surface area contributed by atoms with Gasteiger partial charge in [0.05, 0.1) is 5.69 Å². The molecule has 2 amide bonds. The predicted octanol–water partition coefficient (Wildman–Crippen LogP) is 0.766. The van der Waals surface area contributed by atoms with Crippen molar-refractivity contribution >= 4 is 17.5 Å². The van der Waals surface area contributed by atoms with E-state index in [0.29, 0.717) is 13.1 Å². The topological polar surface area (TPSA) is 49.4 Å². The lowest BCUT2D eigenvalue weighted by molar-refractivity contribution is -0.138. The molecule has 4 nitrogen and oxygen atoms in total. The molecule has 1 aromatic carbocycles. The Morgan fingerprint density at radius 3 is 2.44 bits per heavy atom. The van der Waals surface area contributed by atoms with Gasteiger partial charge in [-0.05, 0) is 25.0 Å². The first-order chi connectivity index (χ1) is 7.61. The highest BCUT2D eigenvalue weighted by molar-refractivity contribution is 6.41. The van der Waals surface area contributed by atoms with Gasteiger partial charge in [0.25, 0.3) is 0 Å². The second kappa shape index (κ2) is 3.96. The van der Waals surface area contributed by atoms with Gasteiger partial charge in [0.2, 0.25) is 0 Å². The van der Waals surface area contributed by atoms with E-state index in [4.69, 9.17) is 0 Å². The number of carbonyl (C=O) groups is 2. The molecule has 4 heteroatoms. The Balaban J connectivity index is 2.43. The molecule has 1 aliphatic rings. The Kier molecular flexibility index (Phi) is 2.64. The lowest BCUT2D eigenvalue weighted by atomic mass is 10.1. The number of para-hydroxylation sites is 1. The van der Waals surface area contributed by atoms with Gasteiger partial charge in [0.1, 0.15) is 0 Å². The van der Waals surface area contributed by atoms with Gasteiger partial charge < -0.3 is 10.2 Å². The molecular formula is C12H14N2O2. The average molecular weight is 218 g/mol. The zero-order valence-corrected chi connectivity index (χ0v) is 9.41. The third kappa shape index (κ3) is 1.66. The summed E-state index contributed by atoms with van der Waals surface area (Å²) in [5.41, 5.74) is 2.90. The fourth-order valence-electron chi connectivity index (χ4n) is 2.03. The van der Waals surface area contributed by atoms with Crippen LogP contribution in [0.25, 0.3) is 0 Å².